The first-order valence-corrected chi connectivity index (χ1v) is 8.09. The summed E-state index contributed by atoms with van der Waals surface area (Å²) in [5, 5.41) is 11.3. The summed E-state index contributed by atoms with van der Waals surface area (Å²) in [4.78, 5) is 0. The number of hydrogen-bond acceptors (Lipinski definition) is 3. The van der Waals surface area contributed by atoms with Gasteiger partial charge in [0.2, 0.25) is 0 Å². The number of benzene rings is 2. The van der Waals surface area contributed by atoms with E-state index in [0.717, 1.165) is 26.8 Å². The molecule has 0 radical (unpaired) electrons. The van der Waals surface area contributed by atoms with E-state index in [9.17, 15) is 4.39 Å². The molecule has 0 fully saturated rings. The summed E-state index contributed by atoms with van der Waals surface area (Å²) in [5.74, 6) is -0.265. The van der Waals surface area contributed by atoms with Gasteiger partial charge in [0.05, 0.1) is 5.69 Å². The van der Waals surface area contributed by atoms with Gasteiger partial charge in [-0.1, -0.05) is 35.1 Å². The number of rotatable bonds is 2. The van der Waals surface area contributed by atoms with Crippen LogP contribution < -0.4 is 0 Å². The molecule has 2 heterocycles. The monoisotopic (exact) mass is 323 g/mol. The Morgan fingerprint density at radius 2 is 1.83 bits per heavy atom. The van der Waals surface area contributed by atoms with Crippen LogP contribution in [0.4, 0.5) is 4.39 Å². The van der Waals surface area contributed by atoms with Crippen LogP contribution in [0.25, 0.3) is 32.2 Å². The third-order valence-corrected chi connectivity index (χ3v) is 4.91. The zero-order valence-electron chi connectivity index (χ0n) is 12.7. The second kappa shape index (κ2) is 5.28. The lowest BCUT2D eigenvalue weighted by Gasteiger charge is -2.00. The number of aromatic nitrogens is 3. The molecule has 0 N–H and O–H groups in total. The Bertz CT molecular complexity index is 1020. The van der Waals surface area contributed by atoms with Crippen LogP contribution in [0.15, 0.2) is 48.5 Å². The summed E-state index contributed by atoms with van der Waals surface area (Å²) >= 11 is 1.47. The minimum absolute atomic E-state index is 0.265. The van der Waals surface area contributed by atoms with Gasteiger partial charge in [-0.2, -0.15) is 0 Å². The zero-order valence-corrected chi connectivity index (χ0v) is 13.6. The molecule has 0 aliphatic rings. The second-order valence-electron chi connectivity index (χ2n) is 5.57. The Balaban J connectivity index is 1.81. The molecule has 0 aliphatic heterocycles. The highest BCUT2D eigenvalue weighted by Crippen LogP contribution is 2.33. The molecule has 0 amide bonds. The summed E-state index contributed by atoms with van der Waals surface area (Å²) in [6.07, 6.45) is 0. The van der Waals surface area contributed by atoms with E-state index >= 15 is 0 Å². The van der Waals surface area contributed by atoms with Crippen LogP contribution in [-0.2, 0) is 7.05 Å². The molecule has 2 aromatic carbocycles. The summed E-state index contributed by atoms with van der Waals surface area (Å²) in [6, 6.07) is 14.9. The largest absolute Gasteiger partial charge is 0.342 e. The van der Waals surface area contributed by atoms with E-state index in [2.05, 4.69) is 46.0 Å². The maximum absolute atomic E-state index is 13.4. The molecular weight excluding hydrogens is 309 g/mol. The number of nitrogens with zero attached hydrogens (tertiary/aromatic N) is 3. The lowest BCUT2D eigenvalue weighted by Crippen LogP contribution is -1.90. The van der Waals surface area contributed by atoms with Gasteiger partial charge in [0, 0.05) is 23.5 Å². The molecule has 0 atom stereocenters. The maximum Gasteiger partial charge on any atom is 0.164 e. The molecule has 0 saturated carbocycles. The van der Waals surface area contributed by atoms with E-state index in [1.54, 1.807) is 6.07 Å². The van der Waals surface area contributed by atoms with Crippen molar-refractivity contribution in [3.63, 3.8) is 0 Å². The maximum atomic E-state index is 13.4. The molecular formula is C18H14FN3S. The van der Waals surface area contributed by atoms with Crippen LogP contribution in [-0.4, -0.2) is 14.8 Å². The van der Waals surface area contributed by atoms with Crippen molar-refractivity contribution in [2.45, 2.75) is 6.92 Å². The molecule has 0 saturated heterocycles. The van der Waals surface area contributed by atoms with Crippen molar-refractivity contribution >= 4 is 22.2 Å². The summed E-state index contributed by atoms with van der Waals surface area (Å²) in [7, 11) is 2.02. The van der Waals surface area contributed by atoms with E-state index in [1.807, 2.05) is 13.1 Å². The highest BCUT2D eigenvalue weighted by molar-refractivity contribution is 7.17. The Hall–Kier alpha value is -2.53. The van der Waals surface area contributed by atoms with E-state index in [1.165, 1.54) is 34.4 Å². The Morgan fingerprint density at radius 3 is 2.65 bits per heavy atom. The van der Waals surface area contributed by atoms with Crippen molar-refractivity contribution in [1.82, 2.24) is 14.8 Å². The van der Waals surface area contributed by atoms with Gasteiger partial charge < -0.3 is 4.57 Å². The smallest absolute Gasteiger partial charge is 0.164 e. The minimum Gasteiger partial charge on any atom is -0.342 e. The number of fused-ring (bicyclic) bond motifs is 1. The van der Waals surface area contributed by atoms with Gasteiger partial charge >= 0.3 is 0 Å². The van der Waals surface area contributed by atoms with Crippen molar-refractivity contribution in [2.75, 3.05) is 0 Å². The molecule has 0 unspecified atom stereocenters. The molecule has 0 bridgehead atoms. The van der Waals surface area contributed by atoms with E-state index < -0.39 is 0 Å². The molecule has 2 aromatic heterocycles. The molecule has 4 aromatic rings. The van der Waals surface area contributed by atoms with Crippen LogP contribution in [0.1, 0.15) is 5.56 Å². The lowest BCUT2D eigenvalue weighted by molar-refractivity contribution is 0.628. The topological polar surface area (TPSA) is 30.7 Å². The molecule has 114 valence electrons. The van der Waals surface area contributed by atoms with Gasteiger partial charge in [-0.15, -0.1) is 10.2 Å². The SMILES string of the molecule is Cc1ccc2c(c1)cc(-c1nnc(-c3cccc(F)c3)s1)n2C. The average molecular weight is 323 g/mol. The molecule has 3 nitrogen and oxygen atoms in total. The third-order valence-electron chi connectivity index (χ3n) is 3.91. The van der Waals surface area contributed by atoms with E-state index in [4.69, 9.17) is 0 Å². The molecule has 4 rings (SSSR count). The minimum atomic E-state index is -0.265. The molecule has 5 heteroatoms. The van der Waals surface area contributed by atoms with Crippen LogP contribution >= 0.6 is 11.3 Å². The van der Waals surface area contributed by atoms with Crippen LogP contribution in [0.5, 0.6) is 0 Å². The van der Waals surface area contributed by atoms with Gasteiger partial charge in [-0.05, 0) is 37.3 Å². The normalized spacial score (nSPS) is 11.3. The zero-order chi connectivity index (χ0) is 16.0. The van der Waals surface area contributed by atoms with Gasteiger partial charge in [0.25, 0.3) is 0 Å². The van der Waals surface area contributed by atoms with Crippen molar-refractivity contribution < 1.29 is 4.39 Å². The fourth-order valence-corrected chi connectivity index (χ4v) is 3.63. The quantitative estimate of drug-likeness (QED) is 0.530. The van der Waals surface area contributed by atoms with Gasteiger partial charge in [-0.3, -0.25) is 0 Å². The Kier molecular flexibility index (Phi) is 3.23. The summed E-state index contributed by atoms with van der Waals surface area (Å²) in [6.45, 7) is 2.08. The predicted octanol–water partition coefficient (Wildman–Crippen LogP) is 4.81. The number of hydrogen-bond donors (Lipinski definition) is 0. The third kappa shape index (κ3) is 2.43. The molecule has 23 heavy (non-hydrogen) atoms. The standard InChI is InChI=1S/C18H14FN3S/c1-11-6-7-15-13(8-11)10-16(22(15)2)18-21-20-17(23-18)12-4-3-5-14(19)9-12/h3-10H,1-2H3. The fourth-order valence-electron chi connectivity index (χ4n) is 2.74. The summed E-state index contributed by atoms with van der Waals surface area (Å²) < 4.78 is 15.5. The Morgan fingerprint density at radius 1 is 1.00 bits per heavy atom. The first kappa shape index (κ1) is 14.1. The number of halogens is 1. The van der Waals surface area contributed by atoms with Crippen molar-refractivity contribution in [1.29, 1.82) is 0 Å². The Labute approximate surface area is 137 Å². The summed E-state index contributed by atoms with van der Waals surface area (Å²) in [5.41, 5.74) is 4.16. The lowest BCUT2D eigenvalue weighted by atomic mass is 10.2. The second-order valence-corrected chi connectivity index (χ2v) is 6.55. The highest BCUT2D eigenvalue weighted by atomic mass is 32.1. The van der Waals surface area contributed by atoms with Crippen molar-refractivity contribution in [3.05, 3.63) is 59.9 Å². The van der Waals surface area contributed by atoms with Gasteiger partial charge in [0.15, 0.2) is 5.01 Å². The predicted molar refractivity (Wildman–Crippen MR) is 92.0 cm³/mol. The first-order valence-electron chi connectivity index (χ1n) is 7.28. The fraction of sp³-hybridized carbons (Fsp3) is 0.111. The van der Waals surface area contributed by atoms with Crippen LogP contribution in [0.3, 0.4) is 0 Å². The first-order chi connectivity index (χ1) is 11.1. The number of aryl methyl sites for hydroxylation is 2. The van der Waals surface area contributed by atoms with Gasteiger partial charge in [-0.25, -0.2) is 4.39 Å². The average Bonchev–Trinajstić information content (AvgIpc) is 3.12. The highest BCUT2D eigenvalue weighted by Gasteiger charge is 2.14. The van der Waals surface area contributed by atoms with E-state index in [0.29, 0.717) is 0 Å². The molecule has 0 spiro atoms. The van der Waals surface area contributed by atoms with Gasteiger partial charge in [0.1, 0.15) is 10.8 Å². The van der Waals surface area contributed by atoms with Crippen molar-refractivity contribution in [2.24, 2.45) is 7.05 Å². The van der Waals surface area contributed by atoms with E-state index in [-0.39, 0.29) is 5.82 Å². The molecule has 0 aliphatic carbocycles. The van der Waals surface area contributed by atoms with Crippen LogP contribution in [0.2, 0.25) is 0 Å². The van der Waals surface area contributed by atoms with Crippen molar-refractivity contribution in [3.8, 4) is 21.3 Å². The van der Waals surface area contributed by atoms with Crippen LogP contribution in [0, 0.1) is 12.7 Å².